The number of aryl methyl sites for hydroxylation is 1. The summed E-state index contributed by atoms with van der Waals surface area (Å²) in [6, 6.07) is 7.17. The molecular formula is C14H16O3. The monoisotopic (exact) mass is 232 g/mol. The summed E-state index contributed by atoms with van der Waals surface area (Å²) in [6.45, 7) is 5.46. The molecule has 17 heavy (non-hydrogen) atoms. The Morgan fingerprint density at radius 1 is 1.12 bits per heavy atom. The molecule has 0 amide bonds. The van der Waals surface area contributed by atoms with Crippen molar-refractivity contribution in [1.29, 1.82) is 0 Å². The van der Waals surface area contributed by atoms with Gasteiger partial charge in [0.25, 0.3) is 0 Å². The summed E-state index contributed by atoms with van der Waals surface area (Å²) >= 11 is 0. The number of rotatable bonds is 4. The van der Waals surface area contributed by atoms with Gasteiger partial charge in [-0.3, -0.25) is 4.79 Å². The molecule has 0 atom stereocenters. The number of benzene rings is 1. The summed E-state index contributed by atoms with van der Waals surface area (Å²) < 4.78 is 4.88. The highest BCUT2D eigenvalue weighted by molar-refractivity contribution is 6.06. The molecule has 0 unspecified atom stereocenters. The van der Waals surface area contributed by atoms with Gasteiger partial charge in [0.05, 0.1) is 6.10 Å². The minimum atomic E-state index is -0.500. The molecule has 0 spiro atoms. The minimum Gasteiger partial charge on any atom is -0.460 e. The first-order valence-electron chi connectivity index (χ1n) is 5.48. The largest absolute Gasteiger partial charge is 0.460 e. The normalized spacial score (nSPS) is 10.8. The second-order valence-electron chi connectivity index (χ2n) is 4.05. The first kappa shape index (κ1) is 13.2. The molecule has 3 nitrogen and oxygen atoms in total. The number of hydrogen-bond donors (Lipinski definition) is 0. The number of carbonyl (C=O) groups is 2. The fourth-order valence-corrected chi connectivity index (χ4v) is 1.23. The number of ether oxygens (including phenoxy) is 1. The molecule has 0 aliphatic heterocycles. The molecule has 0 fully saturated rings. The molecule has 0 aliphatic rings. The maximum absolute atomic E-state index is 11.7. The Kier molecular flexibility index (Phi) is 4.64. The highest BCUT2D eigenvalue weighted by atomic mass is 16.5. The molecule has 0 radical (unpaired) electrons. The average Bonchev–Trinajstić information content (AvgIpc) is 2.26. The number of ketones is 1. The number of allylic oxidation sites excluding steroid dienone is 1. The van der Waals surface area contributed by atoms with Gasteiger partial charge < -0.3 is 4.74 Å². The lowest BCUT2D eigenvalue weighted by atomic mass is 10.1. The molecule has 0 heterocycles. The van der Waals surface area contributed by atoms with Gasteiger partial charge in [-0.2, -0.15) is 0 Å². The zero-order chi connectivity index (χ0) is 12.8. The highest BCUT2D eigenvalue weighted by Crippen LogP contribution is 2.04. The van der Waals surface area contributed by atoms with Crippen LogP contribution in [0.4, 0.5) is 0 Å². The van der Waals surface area contributed by atoms with E-state index < -0.39 is 5.97 Å². The predicted molar refractivity (Wildman–Crippen MR) is 65.9 cm³/mol. The Balaban J connectivity index is 2.63. The topological polar surface area (TPSA) is 43.4 Å². The van der Waals surface area contributed by atoms with Crippen LogP contribution in [-0.4, -0.2) is 17.9 Å². The van der Waals surface area contributed by atoms with E-state index in [1.54, 1.807) is 26.0 Å². The van der Waals surface area contributed by atoms with Crippen molar-refractivity contribution in [3.63, 3.8) is 0 Å². The third kappa shape index (κ3) is 4.64. The molecule has 1 aromatic carbocycles. The van der Waals surface area contributed by atoms with Crippen LogP contribution in [0.5, 0.6) is 0 Å². The van der Waals surface area contributed by atoms with Gasteiger partial charge in [-0.15, -0.1) is 0 Å². The number of carbonyl (C=O) groups excluding carboxylic acids is 2. The van der Waals surface area contributed by atoms with E-state index in [1.165, 1.54) is 6.08 Å². The van der Waals surface area contributed by atoms with Crippen molar-refractivity contribution < 1.29 is 14.3 Å². The van der Waals surface area contributed by atoms with Gasteiger partial charge in [-0.1, -0.05) is 29.8 Å². The van der Waals surface area contributed by atoms with Gasteiger partial charge in [0, 0.05) is 11.6 Å². The van der Waals surface area contributed by atoms with Gasteiger partial charge in [0.1, 0.15) is 0 Å². The summed E-state index contributed by atoms with van der Waals surface area (Å²) in [6.07, 6.45) is 2.21. The smallest absolute Gasteiger partial charge is 0.331 e. The molecule has 0 saturated carbocycles. The maximum Gasteiger partial charge on any atom is 0.331 e. The van der Waals surface area contributed by atoms with Crippen LogP contribution in [0.3, 0.4) is 0 Å². The maximum atomic E-state index is 11.7. The Bertz CT molecular complexity index is 427. The van der Waals surface area contributed by atoms with Gasteiger partial charge in [-0.25, -0.2) is 4.79 Å². The van der Waals surface area contributed by atoms with Crippen LogP contribution in [0.1, 0.15) is 29.8 Å². The quantitative estimate of drug-likeness (QED) is 0.455. The Labute approximate surface area is 101 Å². The summed E-state index contributed by atoms with van der Waals surface area (Å²) in [7, 11) is 0. The van der Waals surface area contributed by atoms with Gasteiger partial charge in [0.2, 0.25) is 0 Å². The second kappa shape index (κ2) is 5.99. The minimum absolute atomic E-state index is 0.179. The van der Waals surface area contributed by atoms with E-state index in [9.17, 15) is 9.59 Å². The van der Waals surface area contributed by atoms with Gasteiger partial charge in [0.15, 0.2) is 5.78 Å². The molecule has 0 saturated heterocycles. The van der Waals surface area contributed by atoms with Crippen molar-refractivity contribution in [2.24, 2.45) is 0 Å². The molecule has 1 rings (SSSR count). The lowest BCUT2D eigenvalue weighted by Gasteiger charge is -2.03. The molecule has 0 aliphatic carbocycles. The van der Waals surface area contributed by atoms with E-state index in [4.69, 9.17) is 4.74 Å². The second-order valence-corrected chi connectivity index (χ2v) is 4.05. The molecule has 0 aromatic heterocycles. The van der Waals surface area contributed by atoms with Crippen LogP contribution >= 0.6 is 0 Å². The fourth-order valence-electron chi connectivity index (χ4n) is 1.23. The van der Waals surface area contributed by atoms with Crippen LogP contribution in [0.15, 0.2) is 36.4 Å². The molecule has 3 heteroatoms. The van der Waals surface area contributed by atoms with E-state index in [2.05, 4.69) is 0 Å². The Morgan fingerprint density at radius 2 is 1.71 bits per heavy atom. The first-order chi connectivity index (χ1) is 7.99. The average molecular weight is 232 g/mol. The zero-order valence-corrected chi connectivity index (χ0v) is 10.3. The van der Waals surface area contributed by atoms with Crippen LogP contribution < -0.4 is 0 Å². The zero-order valence-electron chi connectivity index (χ0n) is 10.3. The Hall–Kier alpha value is -1.90. The summed E-state index contributed by atoms with van der Waals surface area (Å²) in [4.78, 5) is 22.8. The van der Waals surface area contributed by atoms with Crippen LogP contribution in [-0.2, 0) is 9.53 Å². The van der Waals surface area contributed by atoms with E-state index in [1.807, 2.05) is 19.1 Å². The molecule has 0 bridgehead atoms. The lowest BCUT2D eigenvalue weighted by molar-refractivity contribution is -0.141. The van der Waals surface area contributed by atoms with Crippen LogP contribution in [0.2, 0.25) is 0 Å². The van der Waals surface area contributed by atoms with Crippen molar-refractivity contribution in [3.05, 3.63) is 47.5 Å². The van der Waals surface area contributed by atoms with Crippen molar-refractivity contribution in [1.82, 2.24) is 0 Å². The lowest BCUT2D eigenvalue weighted by Crippen LogP contribution is -2.09. The molecule has 90 valence electrons. The molecule has 1 aromatic rings. The number of esters is 1. The number of hydrogen-bond acceptors (Lipinski definition) is 3. The van der Waals surface area contributed by atoms with E-state index >= 15 is 0 Å². The van der Waals surface area contributed by atoms with Crippen molar-refractivity contribution in [3.8, 4) is 0 Å². The predicted octanol–water partition coefficient (Wildman–Crippen LogP) is 2.69. The van der Waals surface area contributed by atoms with Crippen molar-refractivity contribution >= 4 is 11.8 Å². The van der Waals surface area contributed by atoms with E-state index in [0.717, 1.165) is 11.6 Å². The van der Waals surface area contributed by atoms with E-state index in [0.29, 0.717) is 5.56 Å². The summed E-state index contributed by atoms with van der Waals surface area (Å²) in [5, 5.41) is 0. The fraction of sp³-hybridized carbons (Fsp3) is 0.286. The first-order valence-corrected chi connectivity index (χ1v) is 5.48. The molecular weight excluding hydrogens is 216 g/mol. The SMILES string of the molecule is Cc1ccc(C(=O)/C=C/C(=O)OC(C)C)cc1. The third-order valence-corrected chi connectivity index (χ3v) is 2.06. The van der Waals surface area contributed by atoms with Gasteiger partial charge >= 0.3 is 5.97 Å². The third-order valence-electron chi connectivity index (χ3n) is 2.06. The highest BCUT2D eigenvalue weighted by Gasteiger charge is 2.04. The van der Waals surface area contributed by atoms with E-state index in [-0.39, 0.29) is 11.9 Å². The van der Waals surface area contributed by atoms with Gasteiger partial charge in [-0.05, 0) is 26.8 Å². The van der Waals surface area contributed by atoms with Crippen LogP contribution in [0.25, 0.3) is 0 Å². The Morgan fingerprint density at radius 3 is 2.24 bits per heavy atom. The van der Waals surface area contributed by atoms with Crippen LogP contribution in [0, 0.1) is 6.92 Å². The summed E-state index contributed by atoms with van der Waals surface area (Å²) in [5.41, 5.74) is 1.65. The standard InChI is InChI=1S/C14H16O3/c1-10(2)17-14(16)9-8-13(15)12-6-4-11(3)5-7-12/h4-10H,1-3H3/b9-8+. The van der Waals surface area contributed by atoms with Crippen molar-refractivity contribution in [2.45, 2.75) is 26.9 Å². The summed E-state index contributed by atoms with van der Waals surface area (Å²) in [5.74, 6) is -0.703. The molecule has 0 N–H and O–H groups in total. The van der Waals surface area contributed by atoms with Crippen molar-refractivity contribution in [2.75, 3.05) is 0 Å².